The van der Waals surface area contributed by atoms with Crippen molar-refractivity contribution in [3.05, 3.63) is 22.7 Å². The van der Waals surface area contributed by atoms with Crippen LogP contribution in [0.5, 0.6) is 0 Å². The van der Waals surface area contributed by atoms with Crippen LogP contribution in [0.2, 0.25) is 5.15 Å². The molecule has 2 nitrogen and oxygen atoms in total. The number of aromatic nitrogens is 2. The lowest BCUT2D eigenvalue weighted by molar-refractivity contribution is 0.688. The minimum Gasteiger partial charge on any atom is -0.237 e. The molecule has 0 atom stereocenters. The lowest BCUT2D eigenvalue weighted by atomic mass is 10.0. The summed E-state index contributed by atoms with van der Waals surface area (Å²) >= 11 is 8.00. The molecule has 0 amide bonds. The van der Waals surface area contributed by atoms with E-state index in [4.69, 9.17) is 16.6 Å². The van der Waals surface area contributed by atoms with Gasteiger partial charge in [-0.15, -0.1) is 0 Å². The zero-order valence-corrected chi connectivity index (χ0v) is 12.7. The Labute approximate surface area is 119 Å². The molecule has 0 aromatic carbocycles. The number of thioether (sulfide) groups is 1. The van der Waals surface area contributed by atoms with E-state index in [2.05, 4.69) is 18.8 Å². The van der Waals surface area contributed by atoms with E-state index in [0.29, 0.717) is 17.0 Å². The first-order valence-corrected chi connectivity index (χ1v) is 8.29. The van der Waals surface area contributed by atoms with Crippen molar-refractivity contribution >= 4 is 23.4 Å². The first-order chi connectivity index (χ1) is 8.65. The quantitative estimate of drug-likeness (QED) is 0.735. The highest BCUT2D eigenvalue weighted by Gasteiger charge is 2.19. The maximum atomic E-state index is 6.11. The normalized spacial score (nSPS) is 16.7. The summed E-state index contributed by atoms with van der Waals surface area (Å²) in [5.41, 5.74) is 1.16. The van der Waals surface area contributed by atoms with Crippen molar-refractivity contribution in [1.82, 2.24) is 9.97 Å². The molecule has 0 spiro atoms. The maximum absolute atomic E-state index is 6.11. The van der Waals surface area contributed by atoms with E-state index in [1.807, 2.05) is 17.8 Å². The van der Waals surface area contributed by atoms with Crippen LogP contribution in [0, 0.1) is 5.92 Å². The molecular weight excluding hydrogens is 264 g/mol. The summed E-state index contributed by atoms with van der Waals surface area (Å²) in [5, 5.41) is 0.604. The van der Waals surface area contributed by atoms with E-state index in [9.17, 15) is 0 Å². The van der Waals surface area contributed by atoms with E-state index >= 15 is 0 Å². The number of rotatable bonds is 5. The SMILES string of the molecule is CC(C)CSCc1nc(Cl)cc(C2CCCC2)n1. The number of hydrogen-bond acceptors (Lipinski definition) is 3. The van der Waals surface area contributed by atoms with Gasteiger partial charge >= 0.3 is 0 Å². The van der Waals surface area contributed by atoms with Crippen molar-refractivity contribution in [1.29, 1.82) is 0 Å². The van der Waals surface area contributed by atoms with E-state index in [-0.39, 0.29) is 0 Å². The molecule has 1 heterocycles. The molecule has 1 aromatic rings. The smallest absolute Gasteiger partial charge is 0.140 e. The van der Waals surface area contributed by atoms with Crippen LogP contribution in [0.15, 0.2) is 6.07 Å². The van der Waals surface area contributed by atoms with Crippen LogP contribution in [-0.4, -0.2) is 15.7 Å². The Bertz CT molecular complexity index is 389. The molecule has 100 valence electrons. The third-order valence-electron chi connectivity index (χ3n) is 3.22. The van der Waals surface area contributed by atoms with Crippen molar-refractivity contribution in [2.45, 2.75) is 51.2 Å². The summed E-state index contributed by atoms with van der Waals surface area (Å²) in [6.45, 7) is 4.46. The van der Waals surface area contributed by atoms with Crippen LogP contribution in [0.25, 0.3) is 0 Å². The minimum atomic E-state index is 0.604. The van der Waals surface area contributed by atoms with E-state index in [0.717, 1.165) is 23.0 Å². The van der Waals surface area contributed by atoms with Crippen molar-refractivity contribution in [3.8, 4) is 0 Å². The first kappa shape index (κ1) is 14.1. The molecule has 4 heteroatoms. The maximum Gasteiger partial charge on any atom is 0.140 e. The second kappa shape index (κ2) is 6.76. The molecule has 1 aromatic heterocycles. The Morgan fingerprint density at radius 1 is 1.33 bits per heavy atom. The predicted molar refractivity (Wildman–Crippen MR) is 79.3 cm³/mol. The molecule has 0 saturated heterocycles. The molecule has 1 aliphatic rings. The summed E-state index contributed by atoms with van der Waals surface area (Å²) < 4.78 is 0. The molecule has 18 heavy (non-hydrogen) atoms. The van der Waals surface area contributed by atoms with Crippen LogP contribution >= 0.6 is 23.4 Å². The molecule has 1 saturated carbocycles. The summed E-state index contributed by atoms with van der Waals surface area (Å²) in [4.78, 5) is 9.03. The third-order valence-corrected chi connectivity index (χ3v) is 4.78. The van der Waals surface area contributed by atoms with Crippen LogP contribution in [-0.2, 0) is 5.75 Å². The van der Waals surface area contributed by atoms with Crippen molar-refractivity contribution in [3.63, 3.8) is 0 Å². The molecule has 0 unspecified atom stereocenters. The fourth-order valence-electron chi connectivity index (χ4n) is 2.37. The van der Waals surface area contributed by atoms with E-state index in [1.54, 1.807) is 0 Å². The van der Waals surface area contributed by atoms with Crippen molar-refractivity contribution < 1.29 is 0 Å². The van der Waals surface area contributed by atoms with Gasteiger partial charge in [0.1, 0.15) is 11.0 Å². The lowest BCUT2D eigenvalue weighted by Crippen LogP contribution is -2.03. The fraction of sp³-hybridized carbons (Fsp3) is 0.714. The Balaban J connectivity index is 2.01. The number of nitrogens with zero attached hydrogens (tertiary/aromatic N) is 2. The van der Waals surface area contributed by atoms with Gasteiger partial charge in [0.05, 0.1) is 5.75 Å². The summed E-state index contributed by atoms with van der Waals surface area (Å²) in [7, 11) is 0. The van der Waals surface area contributed by atoms with E-state index in [1.165, 1.54) is 25.7 Å². The minimum absolute atomic E-state index is 0.604. The highest BCUT2D eigenvalue weighted by molar-refractivity contribution is 7.98. The monoisotopic (exact) mass is 284 g/mol. The highest BCUT2D eigenvalue weighted by Crippen LogP contribution is 2.33. The van der Waals surface area contributed by atoms with Gasteiger partial charge in [-0.1, -0.05) is 38.3 Å². The van der Waals surface area contributed by atoms with Gasteiger partial charge in [0.25, 0.3) is 0 Å². The molecule has 1 fully saturated rings. The molecule has 0 N–H and O–H groups in total. The van der Waals surface area contributed by atoms with Gasteiger partial charge in [-0.05, 0) is 30.6 Å². The topological polar surface area (TPSA) is 25.8 Å². The van der Waals surface area contributed by atoms with Crippen LogP contribution < -0.4 is 0 Å². The molecule has 2 rings (SSSR count). The zero-order valence-electron chi connectivity index (χ0n) is 11.2. The fourth-order valence-corrected chi connectivity index (χ4v) is 3.48. The molecule has 1 aliphatic carbocycles. The Morgan fingerprint density at radius 2 is 2.06 bits per heavy atom. The second-order valence-corrected chi connectivity index (χ2v) is 6.84. The van der Waals surface area contributed by atoms with Gasteiger partial charge < -0.3 is 0 Å². The predicted octanol–water partition coefficient (Wildman–Crippen LogP) is 4.68. The number of hydrogen-bond donors (Lipinski definition) is 0. The molecule has 0 bridgehead atoms. The van der Waals surface area contributed by atoms with Gasteiger partial charge in [-0.2, -0.15) is 11.8 Å². The summed E-state index contributed by atoms with van der Waals surface area (Å²) in [6, 6.07) is 1.95. The van der Waals surface area contributed by atoms with Crippen LogP contribution in [0.4, 0.5) is 0 Å². The molecule has 0 radical (unpaired) electrons. The first-order valence-electron chi connectivity index (χ1n) is 6.76. The van der Waals surface area contributed by atoms with E-state index < -0.39 is 0 Å². The Kier molecular flexibility index (Phi) is 5.31. The summed E-state index contributed by atoms with van der Waals surface area (Å²) in [5.74, 6) is 4.24. The Morgan fingerprint density at radius 3 is 2.72 bits per heavy atom. The lowest BCUT2D eigenvalue weighted by Gasteiger charge is -2.10. The summed E-state index contributed by atoms with van der Waals surface area (Å²) in [6.07, 6.45) is 5.16. The average molecular weight is 285 g/mol. The Hall–Kier alpha value is -0.280. The van der Waals surface area contributed by atoms with Gasteiger partial charge in [0.15, 0.2) is 0 Å². The molecular formula is C14H21ClN2S. The average Bonchev–Trinajstić information content (AvgIpc) is 2.81. The van der Waals surface area contributed by atoms with Gasteiger partial charge in [-0.25, -0.2) is 9.97 Å². The van der Waals surface area contributed by atoms with Crippen LogP contribution in [0.1, 0.15) is 57.0 Å². The van der Waals surface area contributed by atoms with Gasteiger partial charge in [0, 0.05) is 11.6 Å². The van der Waals surface area contributed by atoms with Gasteiger partial charge in [0.2, 0.25) is 0 Å². The van der Waals surface area contributed by atoms with Crippen molar-refractivity contribution in [2.24, 2.45) is 5.92 Å². The van der Waals surface area contributed by atoms with Crippen molar-refractivity contribution in [2.75, 3.05) is 5.75 Å². The second-order valence-electron chi connectivity index (χ2n) is 5.42. The highest BCUT2D eigenvalue weighted by atomic mass is 35.5. The number of halogens is 1. The third kappa shape index (κ3) is 4.13. The molecule has 0 aliphatic heterocycles. The van der Waals surface area contributed by atoms with Gasteiger partial charge in [-0.3, -0.25) is 0 Å². The zero-order chi connectivity index (χ0) is 13.0. The largest absolute Gasteiger partial charge is 0.237 e. The standard InChI is InChI=1S/C14H21ClN2S/c1-10(2)8-18-9-14-16-12(7-13(15)17-14)11-5-3-4-6-11/h7,10-11H,3-6,8-9H2,1-2H3. The van der Waals surface area contributed by atoms with Crippen LogP contribution in [0.3, 0.4) is 0 Å².